The van der Waals surface area contributed by atoms with E-state index in [1.807, 2.05) is 18.2 Å². The lowest BCUT2D eigenvalue weighted by atomic mass is 9.96. The molecular weight excluding hydrogens is 1700 g/mol. The number of primary amides is 3. The highest BCUT2D eigenvalue weighted by Crippen LogP contribution is 2.34. The number of benzene rings is 4. The quantitative estimate of drug-likeness (QED) is 0.0133. The van der Waals surface area contributed by atoms with Crippen molar-refractivity contribution < 1.29 is 114 Å². The number of hydrogen-bond donors (Lipinski definition) is 13. The fourth-order valence-corrected chi connectivity index (χ4v) is 14.8. The van der Waals surface area contributed by atoms with Crippen LogP contribution in [0.3, 0.4) is 0 Å². The predicted molar refractivity (Wildman–Crippen MR) is 475 cm³/mol. The molecule has 7 rings (SSSR count). The van der Waals surface area contributed by atoms with Crippen molar-refractivity contribution in [3.05, 3.63) is 82.5 Å². The van der Waals surface area contributed by atoms with Crippen molar-refractivity contribution in [1.29, 1.82) is 0 Å². The summed E-state index contributed by atoms with van der Waals surface area (Å²) in [4.78, 5) is 209. The molecule has 3 aliphatic heterocycles. The highest BCUT2D eigenvalue weighted by atomic mass is 32.2. The maximum Gasteiger partial charge on any atom is 0.258 e. The number of carbonyl (C=O) groups excluding carboxylic acids is 14. The van der Waals surface area contributed by atoms with Gasteiger partial charge < -0.3 is 127 Å². The van der Waals surface area contributed by atoms with Gasteiger partial charge in [0.25, 0.3) is 5.91 Å². The number of aromatic nitrogens is 1. The molecule has 8 atom stereocenters. The molecule has 4 aliphatic rings. The molecule has 129 heavy (non-hydrogen) atoms. The van der Waals surface area contributed by atoms with Gasteiger partial charge in [0, 0.05) is 106 Å². The molecule has 710 valence electrons. The minimum absolute atomic E-state index is 0.00467. The number of ether oxygens (including phenoxy) is 9. The molecule has 16 N–H and O–H groups in total. The molecule has 42 heteroatoms. The van der Waals surface area contributed by atoms with Crippen LogP contribution in [0.15, 0.2) is 75.9 Å². The van der Waals surface area contributed by atoms with Crippen LogP contribution in [0.4, 0.5) is 5.69 Å². The Bertz CT molecular complexity index is 4520. The monoisotopic (exact) mass is 1830 g/mol. The smallest absolute Gasteiger partial charge is 0.258 e. The van der Waals surface area contributed by atoms with Gasteiger partial charge in [0.15, 0.2) is 23.4 Å². The van der Waals surface area contributed by atoms with Crippen LogP contribution in [-0.4, -0.2) is 298 Å². The van der Waals surface area contributed by atoms with Crippen molar-refractivity contribution in [3.63, 3.8) is 0 Å². The molecule has 1 aliphatic carbocycles. The highest BCUT2D eigenvalue weighted by Gasteiger charge is 2.41. The lowest BCUT2D eigenvalue weighted by Gasteiger charge is -2.31. The van der Waals surface area contributed by atoms with E-state index in [9.17, 15) is 71.9 Å². The van der Waals surface area contributed by atoms with Crippen LogP contribution < -0.4 is 90.2 Å². The van der Waals surface area contributed by atoms with E-state index < -0.39 is 145 Å². The Morgan fingerprint density at radius 3 is 1.78 bits per heavy atom. The van der Waals surface area contributed by atoms with Gasteiger partial charge in [-0.2, -0.15) is 11.8 Å². The Kier molecular flexibility index (Phi) is 46.6. The van der Waals surface area contributed by atoms with E-state index in [4.69, 9.17) is 69.2 Å². The third-order valence-electron chi connectivity index (χ3n) is 21.0. The summed E-state index contributed by atoms with van der Waals surface area (Å²) in [5.74, 6) is -9.79. The van der Waals surface area contributed by atoms with Gasteiger partial charge in [-0.05, 0) is 118 Å². The van der Waals surface area contributed by atoms with E-state index in [0.29, 0.717) is 129 Å². The zero-order chi connectivity index (χ0) is 93.4. The number of anilines is 1. The van der Waals surface area contributed by atoms with Crippen LogP contribution in [0.1, 0.15) is 117 Å². The summed E-state index contributed by atoms with van der Waals surface area (Å²) in [5.41, 5.74) is 19.6. The second-order valence-corrected chi connectivity index (χ2v) is 31.8. The minimum atomic E-state index is -1.78. The fourth-order valence-electron chi connectivity index (χ4n) is 13.8. The van der Waals surface area contributed by atoms with E-state index in [1.54, 1.807) is 56.3 Å². The van der Waals surface area contributed by atoms with E-state index in [0.717, 1.165) is 30.5 Å². The van der Waals surface area contributed by atoms with Crippen molar-refractivity contribution in [2.75, 3.05) is 168 Å². The molecule has 0 radical (unpaired) electrons. The SMILES string of the molecule is CC[C@H](C)[C@@H]1NC(=O)[C@H](Cc2ccc(OC)cc2)NC(=O)CCCSC[C@@H](C(=O)N2CCC[C@H]2C(=O)N[C@@H](CCCCNC(=O)CCC(=O)NCCOCCOCCOCCOCCOCCOCCOCCNC(=O)COc2ccc3c(=O)cc4oc5cc(N(CC)CC)ccc5nc-4c3c2)C(=O)NCC(N)=O)NC(=O)[C@H](CC(N)=O)NC(=O)[C@H](CCC(N)=O)NC1=O. The zero-order valence-corrected chi connectivity index (χ0v) is 74.8. The topological polar surface area (TPSA) is 570 Å². The molecule has 3 heterocycles. The molecule has 3 aromatic carbocycles. The highest BCUT2D eigenvalue weighted by molar-refractivity contribution is 7.99. The van der Waals surface area contributed by atoms with E-state index in [-0.39, 0.29) is 146 Å². The number of rotatable bonds is 54. The first-order valence-electron chi connectivity index (χ1n) is 43.7. The number of methoxy groups -OCH3 is 1. The Balaban J connectivity index is 0.725. The van der Waals surface area contributed by atoms with Crippen molar-refractivity contribution in [3.8, 4) is 23.0 Å². The molecule has 0 bridgehead atoms. The molecule has 2 saturated heterocycles. The summed E-state index contributed by atoms with van der Waals surface area (Å²) >= 11 is 1.14. The fraction of sp³-hybridized carbons (Fsp3) is 0.586. The van der Waals surface area contributed by atoms with Gasteiger partial charge in [-0.3, -0.25) is 71.9 Å². The van der Waals surface area contributed by atoms with Crippen LogP contribution in [0.5, 0.6) is 11.5 Å². The van der Waals surface area contributed by atoms with Gasteiger partial charge in [0.1, 0.15) is 65.0 Å². The summed E-state index contributed by atoms with van der Waals surface area (Å²) in [6.45, 7) is 13.6. The van der Waals surface area contributed by atoms with Crippen LogP contribution in [-0.2, 0) is 107 Å². The van der Waals surface area contributed by atoms with Gasteiger partial charge in [-0.1, -0.05) is 32.4 Å². The van der Waals surface area contributed by atoms with Gasteiger partial charge in [0.2, 0.25) is 76.8 Å². The molecule has 41 nitrogen and oxygen atoms in total. The Hall–Kier alpha value is -11.4. The Morgan fingerprint density at radius 2 is 1.19 bits per heavy atom. The van der Waals surface area contributed by atoms with Crippen LogP contribution in [0, 0.1) is 5.92 Å². The molecule has 2 fully saturated rings. The molecule has 0 spiro atoms. The lowest BCUT2D eigenvalue weighted by molar-refractivity contribution is -0.142. The summed E-state index contributed by atoms with van der Waals surface area (Å²) in [6.07, 6.45) is -0.592. The zero-order valence-electron chi connectivity index (χ0n) is 74.0. The average Bonchev–Trinajstić information content (AvgIpc) is 1.16. The predicted octanol–water partition coefficient (Wildman–Crippen LogP) is -0.447. The lowest BCUT2D eigenvalue weighted by Crippen LogP contribution is -2.61. The Morgan fingerprint density at radius 1 is 0.597 bits per heavy atom. The number of likely N-dealkylation sites (tertiary alicyclic amines) is 1. The maximum atomic E-state index is 14.9. The number of carbonyl (C=O) groups is 14. The van der Waals surface area contributed by atoms with Crippen LogP contribution in [0.2, 0.25) is 0 Å². The summed E-state index contributed by atoms with van der Waals surface area (Å²) in [6, 6.07) is 9.13. The number of nitrogens with one attached hydrogen (secondary N) is 10. The number of hydrogen-bond acceptors (Lipinski definition) is 28. The number of fused-ring (bicyclic) bond motifs is 4. The summed E-state index contributed by atoms with van der Waals surface area (Å²) in [5, 5.41) is 27.4. The van der Waals surface area contributed by atoms with E-state index >= 15 is 0 Å². The number of unbranched alkanes of at least 4 members (excludes halogenated alkanes) is 1. The minimum Gasteiger partial charge on any atom is -0.497 e. The second-order valence-electron chi connectivity index (χ2n) is 30.6. The molecular formula is C87H126N16O25S. The molecule has 3 aromatic rings. The molecule has 0 saturated carbocycles. The van der Waals surface area contributed by atoms with Gasteiger partial charge >= 0.3 is 0 Å². The number of nitrogens with zero attached hydrogens (tertiary/aromatic N) is 3. The average molecular weight is 1830 g/mol. The number of amides is 14. The first-order valence-corrected chi connectivity index (χ1v) is 44.8. The van der Waals surface area contributed by atoms with Gasteiger partial charge in [0.05, 0.1) is 113 Å². The van der Waals surface area contributed by atoms with Crippen molar-refractivity contribution in [1.82, 2.24) is 63.1 Å². The third-order valence-corrected chi connectivity index (χ3v) is 22.1. The van der Waals surface area contributed by atoms with E-state index in [1.165, 1.54) is 18.1 Å². The van der Waals surface area contributed by atoms with Crippen molar-refractivity contribution in [2.24, 2.45) is 23.1 Å². The normalized spacial score (nSPS) is 17.7. The summed E-state index contributed by atoms with van der Waals surface area (Å²) in [7, 11) is 1.49. The van der Waals surface area contributed by atoms with Crippen LogP contribution >= 0.6 is 11.8 Å². The molecule has 14 amide bonds. The second kappa shape index (κ2) is 57.5. The molecule has 0 aromatic heterocycles. The van der Waals surface area contributed by atoms with Crippen LogP contribution in [0.25, 0.3) is 33.3 Å². The first-order chi connectivity index (χ1) is 62.2. The van der Waals surface area contributed by atoms with E-state index in [2.05, 4.69) is 71.9 Å². The van der Waals surface area contributed by atoms with Gasteiger partial charge in [-0.15, -0.1) is 0 Å². The number of thioether (sulfide) groups is 1. The molecule has 0 unspecified atom stereocenters. The largest absolute Gasteiger partial charge is 0.497 e. The number of nitrogens with two attached hydrogens (primary N) is 3. The van der Waals surface area contributed by atoms with Crippen molar-refractivity contribution in [2.45, 2.75) is 160 Å². The first kappa shape index (κ1) is 105. The standard InChI is InChI=1S/C87H126N16O25S/c1-6-55(4)79-86(117)98-64(24-25-72(88)105)82(113)99-66(50-73(89)106)83(114)100-67(54-129-46-12-15-77(110)95-65(84(115)101-79)47-56-16-19-58(119-5)20-17-56)87(118)103-31-11-14-68(103)85(116)97-63(81(112)94-52-74(90)107)13-9-10-28-91-75(108)26-27-76(109)92-29-32-120-34-36-122-38-40-124-42-44-126-45-43-125-41-39-123-37-35-121-33-30-93-78(111)53-127-59-21-22-60-61(49-59)80-71(51-69(60)104)128-70-48-57(102(7-2)8-3)18-23-62(70)96-80/h16-23,48-49,51,55,63-68,79H,6-15,24-47,50,52-54H2,1-5H3,(H2,88,105)(H2,89,106)(H2,90,107)(H,91,108)(H,92,109)(H,93,111)(H,94,112)(H,95,110)(H,97,116)(H,98,117)(H,99,113)(H,100,114)(H,101,115)/t55-,63-,64-,65-,66-,67-,68-,79-/m0/s1. The maximum absolute atomic E-state index is 14.9. The third kappa shape index (κ3) is 37.3. The van der Waals surface area contributed by atoms with Gasteiger partial charge in [-0.25, -0.2) is 4.98 Å². The summed E-state index contributed by atoms with van der Waals surface area (Å²) < 4.78 is 56.1. The Labute approximate surface area is 752 Å². The van der Waals surface area contributed by atoms with Crippen molar-refractivity contribution >= 4 is 122 Å².